The molecule has 2 atom stereocenters. The van der Waals surface area contributed by atoms with E-state index in [-0.39, 0.29) is 12.5 Å². The maximum absolute atomic E-state index is 12.1. The van der Waals surface area contributed by atoms with Crippen LogP contribution in [0.2, 0.25) is 0 Å². The Morgan fingerprint density at radius 2 is 2.00 bits per heavy atom. The number of aromatic nitrogens is 1. The van der Waals surface area contributed by atoms with Gasteiger partial charge >= 0.3 is 0 Å². The van der Waals surface area contributed by atoms with Crippen LogP contribution in [0.1, 0.15) is 37.1 Å². The van der Waals surface area contributed by atoms with Gasteiger partial charge in [-0.15, -0.1) is 11.3 Å². The smallest absolute Gasteiger partial charge is 0.264 e. The van der Waals surface area contributed by atoms with Gasteiger partial charge in [0, 0.05) is 25.0 Å². The minimum Gasteiger partial charge on any atom is -0.484 e. The quantitative estimate of drug-likeness (QED) is 0.805. The molecule has 2 heterocycles. The molecular weight excluding hydrogens is 358 g/mol. The number of rotatable bonds is 6. The molecule has 3 rings (SSSR count). The molecule has 0 saturated carbocycles. The lowest BCUT2D eigenvalue weighted by atomic mass is 9.92. The maximum atomic E-state index is 12.1. The van der Waals surface area contributed by atoms with Crippen molar-refractivity contribution < 1.29 is 9.53 Å². The van der Waals surface area contributed by atoms with Crippen molar-refractivity contribution in [2.75, 3.05) is 25.0 Å². The minimum absolute atomic E-state index is 0.0153. The predicted octanol–water partition coefficient (Wildman–Crippen LogP) is 4.26. The predicted molar refractivity (Wildman–Crippen MR) is 110 cm³/mol. The van der Waals surface area contributed by atoms with E-state index in [2.05, 4.69) is 36.0 Å². The van der Waals surface area contributed by atoms with Crippen LogP contribution in [0.15, 0.2) is 23.6 Å². The Hall–Kier alpha value is -1.92. The zero-order valence-corrected chi connectivity index (χ0v) is 17.4. The molecule has 1 aliphatic heterocycles. The summed E-state index contributed by atoms with van der Waals surface area (Å²) in [5.74, 6) is 1.99. The van der Waals surface area contributed by atoms with Crippen LogP contribution in [0, 0.1) is 25.7 Å². The van der Waals surface area contributed by atoms with Gasteiger partial charge in [0.05, 0.1) is 5.69 Å². The van der Waals surface area contributed by atoms with Crippen molar-refractivity contribution in [2.45, 2.75) is 40.7 Å². The Labute approximate surface area is 165 Å². The summed E-state index contributed by atoms with van der Waals surface area (Å²) in [6, 6.07) is 5.83. The van der Waals surface area contributed by atoms with Gasteiger partial charge in [-0.2, -0.15) is 0 Å². The summed E-state index contributed by atoms with van der Waals surface area (Å²) in [7, 11) is 0. The lowest BCUT2D eigenvalue weighted by Crippen LogP contribution is -2.38. The normalized spacial score (nSPS) is 20.4. The molecule has 146 valence electrons. The van der Waals surface area contributed by atoms with E-state index in [1.165, 1.54) is 23.3 Å². The van der Waals surface area contributed by atoms with Crippen molar-refractivity contribution in [1.29, 1.82) is 0 Å². The first-order chi connectivity index (χ1) is 12.9. The number of ether oxygens (including phenoxy) is 1. The van der Waals surface area contributed by atoms with E-state index in [1.807, 2.05) is 30.5 Å². The lowest BCUT2D eigenvalue weighted by molar-refractivity contribution is -0.118. The molecule has 1 amide bonds. The Kier molecular flexibility index (Phi) is 6.50. The zero-order chi connectivity index (χ0) is 19.4. The number of hydrogen-bond acceptors (Lipinski definition) is 5. The number of likely N-dealkylation sites (tertiary alicyclic amines) is 1. The SMILES string of the molecule is Cc1ccc(OCC(=O)Nc2nc(CN3CC(C)CC(C)C3)cs2)cc1C. The van der Waals surface area contributed by atoms with Crippen LogP contribution in [-0.4, -0.2) is 35.5 Å². The Bertz CT molecular complexity index is 779. The molecule has 1 N–H and O–H groups in total. The van der Waals surface area contributed by atoms with Gasteiger partial charge in [-0.1, -0.05) is 19.9 Å². The highest BCUT2D eigenvalue weighted by molar-refractivity contribution is 7.13. The third-order valence-electron chi connectivity index (χ3n) is 4.98. The number of carbonyl (C=O) groups excluding carboxylic acids is 1. The fraction of sp³-hybridized carbons (Fsp3) is 0.524. The summed E-state index contributed by atoms with van der Waals surface area (Å²) in [6.07, 6.45) is 1.30. The average Bonchev–Trinajstić information content (AvgIpc) is 3.02. The average molecular weight is 388 g/mol. The van der Waals surface area contributed by atoms with Gasteiger partial charge < -0.3 is 4.74 Å². The second kappa shape index (κ2) is 8.85. The summed E-state index contributed by atoms with van der Waals surface area (Å²) in [6.45, 7) is 11.8. The van der Waals surface area contributed by atoms with Crippen LogP contribution >= 0.6 is 11.3 Å². The number of anilines is 1. The maximum Gasteiger partial charge on any atom is 0.264 e. The van der Waals surface area contributed by atoms with Crippen molar-refractivity contribution in [3.63, 3.8) is 0 Å². The minimum atomic E-state index is -0.186. The molecular formula is C21H29N3O2S. The molecule has 6 heteroatoms. The van der Waals surface area contributed by atoms with E-state index in [9.17, 15) is 4.79 Å². The first kappa shape index (κ1) is 19.8. The zero-order valence-electron chi connectivity index (χ0n) is 16.6. The van der Waals surface area contributed by atoms with E-state index in [0.717, 1.165) is 42.7 Å². The third kappa shape index (κ3) is 5.78. The number of hydrogen-bond donors (Lipinski definition) is 1. The van der Waals surface area contributed by atoms with Gasteiger partial charge in [-0.25, -0.2) is 4.98 Å². The van der Waals surface area contributed by atoms with E-state index in [4.69, 9.17) is 4.74 Å². The largest absolute Gasteiger partial charge is 0.484 e. The molecule has 0 bridgehead atoms. The first-order valence-corrected chi connectivity index (χ1v) is 10.4. The molecule has 0 aliphatic carbocycles. The van der Waals surface area contributed by atoms with E-state index < -0.39 is 0 Å². The van der Waals surface area contributed by atoms with Gasteiger partial charge in [0.1, 0.15) is 5.75 Å². The summed E-state index contributed by atoms with van der Waals surface area (Å²) in [4.78, 5) is 19.2. The number of piperidine rings is 1. The Balaban J connectivity index is 1.48. The second-order valence-electron chi connectivity index (χ2n) is 7.87. The molecule has 0 radical (unpaired) electrons. The summed E-state index contributed by atoms with van der Waals surface area (Å²) < 4.78 is 5.58. The van der Waals surface area contributed by atoms with Gasteiger partial charge in [0.15, 0.2) is 11.7 Å². The van der Waals surface area contributed by atoms with Crippen LogP contribution in [0.25, 0.3) is 0 Å². The monoisotopic (exact) mass is 387 g/mol. The summed E-state index contributed by atoms with van der Waals surface area (Å²) >= 11 is 1.47. The number of amides is 1. The van der Waals surface area contributed by atoms with Gasteiger partial charge in [0.2, 0.25) is 0 Å². The highest BCUT2D eigenvalue weighted by atomic mass is 32.1. The molecule has 1 saturated heterocycles. The van der Waals surface area contributed by atoms with Crippen molar-refractivity contribution in [3.05, 3.63) is 40.4 Å². The van der Waals surface area contributed by atoms with E-state index in [1.54, 1.807) is 0 Å². The van der Waals surface area contributed by atoms with Crippen LogP contribution in [0.3, 0.4) is 0 Å². The van der Waals surface area contributed by atoms with Gasteiger partial charge in [-0.3, -0.25) is 15.0 Å². The van der Waals surface area contributed by atoms with Crippen molar-refractivity contribution in [3.8, 4) is 5.75 Å². The van der Waals surface area contributed by atoms with E-state index in [0.29, 0.717) is 10.9 Å². The Morgan fingerprint density at radius 3 is 2.70 bits per heavy atom. The van der Waals surface area contributed by atoms with Gasteiger partial charge in [-0.05, 0) is 55.4 Å². The number of aryl methyl sites for hydroxylation is 2. The standard InChI is InChI=1S/C21H29N3O2S/c1-14-7-15(2)10-24(9-14)11-18-13-27-21(22-18)23-20(25)12-26-19-6-5-16(3)17(4)8-19/h5-6,8,13-15H,7,9-12H2,1-4H3,(H,22,23,25). The topological polar surface area (TPSA) is 54.5 Å². The molecule has 1 aliphatic rings. The van der Waals surface area contributed by atoms with Crippen molar-refractivity contribution >= 4 is 22.4 Å². The first-order valence-electron chi connectivity index (χ1n) is 9.55. The lowest BCUT2D eigenvalue weighted by Gasteiger charge is -2.34. The molecule has 1 aromatic carbocycles. The van der Waals surface area contributed by atoms with Crippen LogP contribution < -0.4 is 10.1 Å². The van der Waals surface area contributed by atoms with Crippen molar-refractivity contribution in [1.82, 2.24) is 9.88 Å². The number of carbonyl (C=O) groups is 1. The third-order valence-corrected chi connectivity index (χ3v) is 5.78. The highest BCUT2D eigenvalue weighted by Gasteiger charge is 2.22. The van der Waals surface area contributed by atoms with Crippen LogP contribution in [-0.2, 0) is 11.3 Å². The fourth-order valence-corrected chi connectivity index (χ4v) is 4.41. The van der Waals surface area contributed by atoms with Crippen LogP contribution in [0.4, 0.5) is 5.13 Å². The molecule has 2 aromatic rings. The number of nitrogens with zero attached hydrogens (tertiary/aromatic N) is 2. The molecule has 5 nitrogen and oxygen atoms in total. The molecule has 27 heavy (non-hydrogen) atoms. The fourth-order valence-electron chi connectivity index (χ4n) is 3.70. The number of thiazole rings is 1. The summed E-state index contributed by atoms with van der Waals surface area (Å²) in [5, 5.41) is 5.51. The van der Waals surface area contributed by atoms with Crippen LogP contribution in [0.5, 0.6) is 5.75 Å². The number of nitrogens with one attached hydrogen (secondary N) is 1. The molecule has 0 spiro atoms. The molecule has 1 aromatic heterocycles. The Morgan fingerprint density at radius 1 is 1.26 bits per heavy atom. The van der Waals surface area contributed by atoms with Crippen molar-refractivity contribution in [2.24, 2.45) is 11.8 Å². The second-order valence-corrected chi connectivity index (χ2v) is 8.73. The molecule has 2 unspecified atom stereocenters. The van der Waals surface area contributed by atoms with E-state index >= 15 is 0 Å². The highest BCUT2D eigenvalue weighted by Crippen LogP contribution is 2.24. The number of benzene rings is 1. The van der Waals surface area contributed by atoms with Gasteiger partial charge in [0.25, 0.3) is 5.91 Å². The molecule has 1 fully saturated rings. The summed E-state index contributed by atoms with van der Waals surface area (Å²) in [5.41, 5.74) is 3.38.